The van der Waals surface area contributed by atoms with Crippen molar-refractivity contribution in [2.75, 3.05) is 33.8 Å². The van der Waals surface area contributed by atoms with Crippen LogP contribution in [-0.4, -0.2) is 138 Å². The van der Waals surface area contributed by atoms with Gasteiger partial charge in [0.25, 0.3) is 0 Å². The van der Waals surface area contributed by atoms with Gasteiger partial charge < -0.3 is 40.7 Å². The summed E-state index contributed by atoms with van der Waals surface area (Å²) in [6.07, 6.45) is -1.09. The summed E-state index contributed by atoms with van der Waals surface area (Å²) in [6.45, 7) is 6.76. The highest BCUT2D eigenvalue weighted by atomic mass is 35.5. The lowest BCUT2D eigenvalue weighted by Crippen LogP contribution is -2.66. The van der Waals surface area contributed by atoms with Crippen molar-refractivity contribution in [3.05, 3.63) is 28.8 Å². The van der Waals surface area contributed by atoms with E-state index in [9.17, 15) is 46.7 Å². The molecule has 71 heavy (non-hydrogen) atoms. The van der Waals surface area contributed by atoms with Crippen LogP contribution in [0, 0.1) is 28.6 Å². The molecule has 20 heteroatoms. The molecule has 4 saturated carbocycles. The summed E-state index contributed by atoms with van der Waals surface area (Å²) in [5.74, 6) is -5.06. The van der Waals surface area contributed by atoms with E-state index in [1.165, 1.54) is 23.9 Å². The number of halogens is 5. The van der Waals surface area contributed by atoms with Crippen molar-refractivity contribution in [1.82, 2.24) is 36.0 Å². The molecule has 394 valence electrons. The second kappa shape index (κ2) is 21.4. The van der Waals surface area contributed by atoms with Crippen LogP contribution in [0.1, 0.15) is 130 Å². The molecule has 1 aromatic carbocycles. The van der Waals surface area contributed by atoms with Gasteiger partial charge in [0.05, 0.1) is 13.2 Å². The molecule has 4 N–H and O–H groups in total. The van der Waals surface area contributed by atoms with E-state index in [1.807, 2.05) is 13.8 Å². The molecule has 7 rings (SSSR count). The van der Waals surface area contributed by atoms with Crippen LogP contribution >= 0.6 is 11.6 Å². The summed E-state index contributed by atoms with van der Waals surface area (Å²) >= 11 is 6.49. The maximum atomic E-state index is 15.1. The maximum absolute atomic E-state index is 15.1. The standard InChI is InChI=1S/C51H72ClF4N7O8/c1-29(2)21-35-44(67)62(6)37(23-32-22-33(52)16-17-39(32)71-26-30-11-9-12-30)43(66)60-48(3,4)46(69)57-20-8-7-13-36(41(64)58-35)61(5)45(68)40(31-14-15-31)59-42(65)38-24-34(53)25-63(38)47(70)50(51(54,55)56)27-49(28-50)18-10-19-49/h16-17,22,29-31,34-38,40H,7-15,18-21,23-28H2,1-6H3,(H,57,69)(H,58,64)(H,59,65)(H,60,66)/t34-,35+,36+,37+,38+,40+/m1/s1. The molecule has 2 saturated heterocycles. The van der Waals surface area contributed by atoms with Crippen LogP contribution in [0.25, 0.3) is 0 Å². The molecule has 6 fully saturated rings. The molecule has 1 aromatic rings. The Kier molecular flexibility index (Phi) is 16.3. The highest BCUT2D eigenvalue weighted by Gasteiger charge is 2.74. The van der Waals surface area contributed by atoms with Gasteiger partial charge in [-0.25, -0.2) is 4.39 Å². The monoisotopic (exact) mass is 1020 g/mol. The van der Waals surface area contributed by atoms with Crippen molar-refractivity contribution >= 4 is 53.0 Å². The summed E-state index contributed by atoms with van der Waals surface area (Å²) in [7, 11) is 2.84. The third-order valence-electron chi connectivity index (χ3n) is 16.1. The van der Waals surface area contributed by atoms with Crippen molar-refractivity contribution in [3.63, 3.8) is 0 Å². The third kappa shape index (κ3) is 11.9. The summed E-state index contributed by atoms with van der Waals surface area (Å²) < 4.78 is 65.5. The van der Waals surface area contributed by atoms with E-state index in [2.05, 4.69) is 21.3 Å². The molecule has 0 bridgehead atoms. The molecular formula is C51H72ClF4N7O8. The highest BCUT2D eigenvalue weighted by molar-refractivity contribution is 6.30. The zero-order chi connectivity index (χ0) is 51.8. The first-order chi connectivity index (χ1) is 33.3. The second-order valence-corrected chi connectivity index (χ2v) is 22.9. The highest BCUT2D eigenvalue weighted by Crippen LogP contribution is 2.69. The normalized spacial score (nSPS) is 27.6. The van der Waals surface area contributed by atoms with E-state index in [-0.39, 0.29) is 31.7 Å². The molecule has 4 aliphatic carbocycles. The van der Waals surface area contributed by atoms with Gasteiger partial charge in [0.15, 0.2) is 0 Å². The van der Waals surface area contributed by atoms with Gasteiger partial charge in [-0.3, -0.25) is 33.6 Å². The maximum Gasteiger partial charge on any atom is 0.403 e. The fourth-order valence-corrected chi connectivity index (χ4v) is 11.4. The minimum atomic E-state index is -4.90. The fraction of sp³-hybridized carbons (Fsp3) is 0.745. The number of ether oxygens (including phenoxy) is 1. The van der Waals surface area contributed by atoms with Crippen molar-refractivity contribution in [3.8, 4) is 5.75 Å². The SMILES string of the molecule is CC(C)C[C@@H]1NC(=O)[C@@H](N(C)C(=O)[C@@H](NC(=O)[C@@H]2C[C@@H](F)CN2C(=O)C2(C(F)(F)F)CC3(CCC3)C2)C2CC2)CCCCNC(=O)C(C)(C)NC(=O)[C@H](Cc2cc(Cl)ccc2OCC2CCC2)N(C)C1=O. The van der Waals surface area contributed by atoms with Gasteiger partial charge in [0, 0.05) is 38.5 Å². The molecule has 7 amide bonds. The van der Waals surface area contributed by atoms with Gasteiger partial charge in [-0.1, -0.05) is 38.3 Å². The molecule has 0 radical (unpaired) electrons. The number of alkyl halides is 4. The Bertz CT molecular complexity index is 2190. The molecular weight excluding hydrogens is 950 g/mol. The predicted octanol–water partition coefficient (Wildman–Crippen LogP) is 5.79. The lowest BCUT2D eigenvalue weighted by atomic mass is 9.44. The Labute approximate surface area is 419 Å². The van der Waals surface area contributed by atoms with Crippen LogP contribution in [0.3, 0.4) is 0 Å². The first-order valence-corrected chi connectivity index (χ1v) is 25.9. The summed E-state index contributed by atoms with van der Waals surface area (Å²) in [4.78, 5) is 103. The molecule has 1 spiro atoms. The molecule has 6 atom stereocenters. The third-order valence-corrected chi connectivity index (χ3v) is 16.3. The Morgan fingerprint density at radius 1 is 0.972 bits per heavy atom. The van der Waals surface area contributed by atoms with Crippen molar-refractivity contribution in [2.45, 2.75) is 179 Å². The van der Waals surface area contributed by atoms with Crippen LogP contribution < -0.4 is 26.0 Å². The number of nitrogens with one attached hydrogen (secondary N) is 4. The van der Waals surface area contributed by atoms with Gasteiger partial charge in [-0.05, 0) is 138 Å². The van der Waals surface area contributed by atoms with Crippen LogP contribution in [0.2, 0.25) is 5.02 Å². The van der Waals surface area contributed by atoms with Gasteiger partial charge in [-0.15, -0.1) is 0 Å². The Morgan fingerprint density at radius 2 is 1.66 bits per heavy atom. The minimum Gasteiger partial charge on any atom is -0.493 e. The zero-order valence-corrected chi connectivity index (χ0v) is 42.6. The number of carbonyl (C=O) groups excluding carboxylic acids is 7. The summed E-state index contributed by atoms with van der Waals surface area (Å²) in [5.41, 5.74) is -4.16. The van der Waals surface area contributed by atoms with Crippen molar-refractivity contribution in [1.29, 1.82) is 0 Å². The Balaban J connectivity index is 1.12. The number of carbonyl (C=O) groups is 7. The predicted molar refractivity (Wildman–Crippen MR) is 255 cm³/mol. The smallest absolute Gasteiger partial charge is 0.403 e. The van der Waals surface area contributed by atoms with E-state index in [4.69, 9.17) is 16.3 Å². The largest absolute Gasteiger partial charge is 0.493 e. The second-order valence-electron chi connectivity index (χ2n) is 22.5. The average Bonchev–Trinajstić information content (AvgIpc) is 4.01. The fourth-order valence-electron chi connectivity index (χ4n) is 11.2. The van der Waals surface area contributed by atoms with E-state index in [0.29, 0.717) is 72.3 Å². The van der Waals surface area contributed by atoms with Gasteiger partial charge >= 0.3 is 6.18 Å². The Hall–Kier alpha value is -4.68. The van der Waals surface area contributed by atoms with Gasteiger partial charge in [0.2, 0.25) is 41.4 Å². The summed E-state index contributed by atoms with van der Waals surface area (Å²) in [6, 6.07) is -1.43. The van der Waals surface area contributed by atoms with Crippen LogP contribution in [0.5, 0.6) is 5.75 Å². The van der Waals surface area contributed by atoms with E-state index in [0.717, 1.165) is 25.7 Å². The number of nitrogens with zero attached hydrogens (tertiary/aromatic N) is 3. The van der Waals surface area contributed by atoms with Gasteiger partial charge in [0.1, 0.15) is 53.1 Å². The number of rotatable bonds is 13. The number of amides is 7. The number of likely N-dealkylation sites (tertiary alicyclic amines) is 1. The average molecular weight is 1020 g/mol. The molecule has 15 nitrogen and oxygen atoms in total. The van der Waals surface area contributed by atoms with E-state index in [1.54, 1.807) is 32.0 Å². The number of hydrogen-bond donors (Lipinski definition) is 4. The van der Waals surface area contributed by atoms with Gasteiger partial charge in [-0.2, -0.15) is 13.2 Å². The molecule has 2 heterocycles. The minimum absolute atomic E-state index is 0.0598. The zero-order valence-electron chi connectivity index (χ0n) is 41.9. The Morgan fingerprint density at radius 3 is 2.25 bits per heavy atom. The summed E-state index contributed by atoms with van der Waals surface area (Å²) in [5, 5.41) is 11.6. The molecule has 0 aromatic heterocycles. The quantitative estimate of drug-likeness (QED) is 0.179. The number of benzene rings is 1. The first-order valence-electron chi connectivity index (χ1n) is 25.5. The van der Waals surface area contributed by atoms with Crippen LogP contribution in [0.15, 0.2) is 18.2 Å². The lowest BCUT2D eigenvalue weighted by molar-refractivity contribution is -0.285. The van der Waals surface area contributed by atoms with E-state index >= 15 is 4.39 Å². The van der Waals surface area contributed by atoms with Crippen molar-refractivity contribution < 1.29 is 55.9 Å². The van der Waals surface area contributed by atoms with Crippen LogP contribution in [0.4, 0.5) is 17.6 Å². The molecule has 2 aliphatic heterocycles. The molecule has 6 aliphatic rings. The first kappa shape index (κ1) is 54.1. The number of likely N-dealkylation sites (N-methyl/N-ethyl adjacent to an activating group) is 2. The number of hydrogen-bond acceptors (Lipinski definition) is 8. The van der Waals surface area contributed by atoms with Crippen LogP contribution in [-0.2, 0) is 40.0 Å². The van der Waals surface area contributed by atoms with Crippen molar-refractivity contribution in [2.24, 2.45) is 28.6 Å². The van der Waals surface area contributed by atoms with E-state index < -0.39 is 132 Å². The lowest BCUT2D eigenvalue weighted by Gasteiger charge is -2.60. The topological polar surface area (TPSA) is 187 Å². The molecule has 0 unspecified atom stereocenters.